The van der Waals surface area contributed by atoms with Gasteiger partial charge in [0, 0.05) is 19.6 Å². The molecule has 2 rings (SSSR count). The summed E-state index contributed by atoms with van der Waals surface area (Å²) < 4.78 is 0. The van der Waals surface area contributed by atoms with E-state index >= 15 is 0 Å². The van der Waals surface area contributed by atoms with E-state index in [-0.39, 0.29) is 5.92 Å². The van der Waals surface area contributed by atoms with Gasteiger partial charge in [0.1, 0.15) is 0 Å². The van der Waals surface area contributed by atoms with Crippen LogP contribution in [0.15, 0.2) is 0 Å². The molecule has 0 aromatic heterocycles. The zero-order valence-corrected chi connectivity index (χ0v) is 8.12. The summed E-state index contributed by atoms with van der Waals surface area (Å²) in [6, 6.07) is 0. The molecule has 1 spiro atoms. The Hall–Kier alpha value is -0.570. The number of carboxylic acid groups (broad SMARTS) is 1. The quantitative estimate of drug-likeness (QED) is 0.714. The van der Waals surface area contributed by atoms with Crippen LogP contribution in [-0.2, 0) is 4.79 Å². The number of likely N-dealkylation sites (tertiary alicyclic amines) is 1. The van der Waals surface area contributed by atoms with Crippen LogP contribution in [0.2, 0.25) is 0 Å². The first kappa shape index (κ1) is 9.00. The van der Waals surface area contributed by atoms with Crippen LogP contribution in [0.1, 0.15) is 26.2 Å². The van der Waals surface area contributed by atoms with Gasteiger partial charge in [0.05, 0.1) is 5.92 Å². The summed E-state index contributed by atoms with van der Waals surface area (Å²) in [4.78, 5) is 12.9. The van der Waals surface area contributed by atoms with E-state index in [9.17, 15) is 4.79 Å². The lowest BCUT2D eigenvalue weighted by Gasteiger charge is -2.56. The second kappa shape index (κ2) is 2.98. The average Bonchev–Trinajstić information content (AvgIpc) is 1.90. The second-order valence-electron chi connectivity index (χ2n) is 4.76. The van der Waals surface area contributed by atoms with E-state index in [4.69, 9.17) is 5.11 Å². The molecule has 1 unspecified atom stereocenters. The van der Waals surface area contributed by atoms with E-state index in [0.717, 1.165) is 19.6 Å². The minimum Gasteiger partial charge on any atom is -0.481 e. The Kier molecular flexibility index (Phi) is 2.06. The molecular formula is C10H17NO2. The summed E-state index contributed by atoms with van der Waals surface area (Å²) in [7, 11) is 0. The molecule has 0 bridgehead atoms. The van der Waals surface area contributed by atoms with E-state index in [2.05, 4.69) is 4.90 Å². The van der Waals surface area contributed by atoms with Crippen molar-refractivity contribution in [2.45, 2.75) is 26.2 Å². The number of nitrogens with zero attached hydrogens (tertiary/aromatic N) is 1. The molecule has 0 amide bonds. The van der Waals surface area contributed by atoms with Crippen molar-refractivity contribution < 1.29 is 9.90 Å². The molecule has 13 heavy (non-hydrogen) atoms. The maximum Gasteiger partial charge on any atom is 0.307 e. The molecule has 1 saturated carbocycles. The SMILES string of the molecule is CC(CN1CC2(CCC2)C1)C(=O)O. The number of carboxylic acids is 1. The summed E-state index contributed by atoms with van der Waals surface area (Å²) in [5.41, 5.74) is 0.623. The first-order valence-corrected chi connectivity index (χ1v) is 5.06. The molecule has 1 aliphatic carbocycles. The van der Waals surface area contributed by atoms with Crippen LogP contribution < -0.4 is 0 Å². The van der Waals surface area contributed by atoms with Crippen LogP contribution in [-0.4, -0.2) is 35.6 Å². The van der Waals surface area contributed by atoms with E-state index in [1.165, 1.54) is 19.3 Å². The normalized spacial score (nSPS) is 27.8. The summed E-state index contributed by atoms with van der Waals surface area (Å²) in [6.07, 6.45) is 4.11. The van der Waals surface area contributed by atoms with Gasteiger partial charge in [-0.15, -0.1) is 0 Å². The van der Waals surface area contributed by atoms with Gasteiger partial charge >= 0.3 is 5.97 Å². The Morgan fingerprint density at radius 2 is 2.15 bits per heavy atom. The molecular weight excluding hydrogens is 166 g/mol. The summed E-state index contributed by atoms with van der Waals surface area (Å²) >= 11 is 0. The molecule has 2 aliphatic rings. The molecule has 3 heteroatoms. The second-order valence-corrected chi connectivity index (χ2v) is 4.76. The summed E-state index contributed by atoms with van der Waals surface area (Å²) in [5, 5.41) is 8.73. The van der Waals surface area contributed by atoms with Crippen LogP contribution >= 0.6 is 0 Å². The predicted octanol–water partition coefficient (Wildman–Crippen LogP) is 1.19. The van der Waals surface area contributed by atoms with Gasteiger partial charge in [0.2, 0.25) is 0 Å². The average molecular weight is 183 g/mol. The molecule has 74 valence electrons. The molecule has 0 radical (unpaired) electrons. The smallest absolute Gasteiger partial charge is 0.307 e. The molecule has 0 aromatic carbocycles. The van der Waals surface area contributed by atoms with Crippen LogP contribution in [0.5, 0.6) is 0 Å². The third kappa shape index (κ3) is 1.57. The molecule has 2 fully saturated rings. The highest BCUT2D eigenvalue weighted by Gasteiger charge is 2.47. The number of hydrogen-bond acceptors (Lipinski definition) is 2. The lowest BCUT2D eigenvalue weighted by molar-refractivity contribution is -0.144. The van der Waals surface area contributed by atoms with Crippen molar-refractivity contribution in [2.75, 3.05) is 19.6 Å². The summed E-state index contributed by atoms with van der Waals surface area (Å²) in [6.45, 7) is 4.81. The van der Waals surface area contributed by atoms with Gasteiger partial charge in [-0.05, 0) is 18.3 Å². The molecule has 1 N–H and O–H groups in total. The highest BCUT2D eigenvalue weighted by molar-refractivity contribution is 5.69. The monoisotopic (exact) mass is 183 g/mol. The van der Waals surface area contributed by atoms with Gasteiger partial charge in [-0.3, -0.25) is 4.79 Å². The fourth-order valence-corrected chi connectivity index (χ4v) is 2.49. The van der Waals surface area contributed by atoms with Crippen LogP contribution in [0.4, 0.5) is 0 Å². The van der Waals surface area contributed by atoms with Gasteiger partial charge < -0.3 is 10.0 Å². The van der Waals surface area contributed by atoms with Crippen LogP contribution in [0.3, 0.4) is 0 Å². The van der Waals surface area contributed by atoms with Crippen molar-refractivity contribution in [3.8, 4) is 0 Å². The minimum atomic E-state index is -0.672. The molecule has 0 aromatic rings. The van der Waals surface area contributed by atoms with Gasteiger partial charge in [0.15, 0.2) is 0 Å². The van der Waals surface area contributed by atoms with E-state index in [0.29, 0.717) is 5.41 Å². The van der Waals surface area contributed by atoms with E-state index in [1.807, 2.05) is 0 Å². The van der Waals surface area contributed by atoms with Gasteiger partial charge in [0.25, 0.3) is 0 Å². The van der Waals surface area contributed by atoms with Gasteiger partial charge in [-0.2, -0.15) is 0 Å². The maximum atomic E-state index is 10.6. The van der Waals surface area contributed by atoms with Gasteiger partial charge in [-0.25, -0.2) is 0 Å². The number of hydrogen-bond donors (Lipinski definition) is 1. The Balaban J connectivity index is 1.71. The van der Waals surface area contributed by atoms with Crippen molar-refractivity contribution in [1.29, 1.82) is 0 Å². The Morgan fingerprint density at radius 1 is 1.54 bits per heavy atom. The molecule has 1 saturated heterocycles. The zero-order valence-electron chi connectivity index (χ0n) is 8.12. The molecule has 1 aliphatic heterocycles. The molecule has 1 atom stereocenters. The largest absolute Gasteiger partial charge is 0.481 e. The van der Waals surface area contributed by atoms with Crippen molar-refractivity contribution in [3.63, 3.8) is 0 Å². The van der Waals surface area contributed by atoms with Crippen molar-refractivity contribution >= 4 is 5.97 Å². The van der Waals surface area contributed by atoms with Crippen molar-refractivity contribution in [2.24, 2.45) is 11.3 Å². The number of carbonyl (C=O) groups is 1. The van der Waals surface area contributed by atoms with E-state index < -0.39 is 5.97 Å². The molecule has 3 nitrogen and oxygen atoms in total. The van der Waals surface area contributed by atoms with Crippen LogP contribution in [0.25, 0.3) is 0 Å². The number of aliphatic carboxylic acids is 1. The lowest BCUT2D eigenvalue weighted by atomic mass is 9.63. The zero-order chi connectivity index (χ0) is 9.47. The Morgan fingerprint density at radius 3 is 2.54 bits per heavy atom. The highest BCUT2D eigenvalue weighted by atomic mass is 16.4. The number of rotatable bonds is 3. The first-order chi connectivity index (χ1) is 6.11. The third-order valence-corrected chi connectivity index (χ3v) is 3.49. The standard InChI is InChI=1S/C10H17NO2/c1-8(9(12)13)5-11-6-10(7-11)3-2-4-10/h8H,2-7H2,1H3,(H,12,13). The van der Waals surface area contributed by atoms with Gasteiger partial charge in [-0.1, -0.05) is 13.3 Å². The Labute approximate surface area is 78.7 Å². The predicted molar refractivity (Wildman–Crippen MR) is 49.5 cm³/mol. The maximum absolute atomic E-state index is 10.6. The van der Waals surface area contributed by atoms with E-state index in [1.54, 1.807) is 6.92 Å². The molecule has 1 heterocycles. The van der Waals surface area contributed by atoms with Crippen LogP contribution in [0, 0.1) is 11.3 Å². The third-order valence-electron chi connectivity index (χ3n) is 3.49. The highest BCUT2D eigenvalue weighted by Crippen LogP contribution is 2.48. The lowest BCUT2D eigenvalue weighted by Crippen LogP contribution is -2.60. The first-order valence-electron chi connectivity index (χ1n) is 5.06. The summed E-state index contributed by atoms with van der Waals surface area (Å²) in [5.74, 6) is -0.882. The minimum absolute atomic E-state index is 0.211. The fraction of sp³-hybridized carbons (Fsp3) is 0.900. The fourth-order valence-electron chi connectivity index (χ4n) is 2.49. The Bertz CT molecular complexity index is 215. The van der Waals surface area contributed by atoms with Crippen molar-refractivity contribution in [1.82, 2.24) is 4.90 Å². The van der Waals surface area contributed by atoms with Crippen molar-refractivity contribution in [3.05, 3.63) is 0 Å². The topological polar surface area (TPSA) is 40.5 Å².